The molecule has 1 amide bonds. The molecular formula is C18H14ClN3O3. The number of nitriles is 1. The lowest BCUT2D eigenvalue weighted by Gasteiger charge is -2.09. The van der Waals surface area contributed by atoms with Gasteiger partial charge in [0.2, 0.25) is 0 Å². The molecule has 0 radical (unpaired) electrons. The van der Waals surface area contributed by atoms with Gasteiger partial charge in [0.15, 0.2) is 0 Å². The van der Waals surface area contributed by atoms with Gasteiger partial charge >= 0.3 is 0 Å². The van der Waals surface area contributed by atoms with Gasteiger partial charge in [0, 0.05) is 22.3 Å². The summed E-state index contributed by atoms with van der Waals surface area (Å²) in [6.07, 6.45) is 1.31. The molecule has 126 valence electrons. The van der Waals surface area contributed by atoms with E-state index in [0.29, 0.717) is 27.4 Å². The number of nitrogens with zero attached hydrogens (tertiary/aromatic N) is 2. The van der Waals surface area contributed by atoms with Crippen LogP contribution < -0.4 is 5.32 Å². The Bertz CT molecular complexity index is 930. The van der Waals surface area contributed by atoms with Crippen molar-refractivity contribution in [2.75, 3.05) is 5.32 Å². The van der Waals surface area contributed by atoms with Gasteiger partial charge in [-0.05, 0) is 43.2 Å². The van der Waals surface area contributed by atoms with E-state index in [1.807, 2.05) is 6.07 Å². The molecule has 7 heteroatoms. The van der Waals surface area contributed by atoms with Crippen molar-refractivity contribution in [3.63, 3.8) is 0 Å². The minimum Gasteiger partial charge on any atom is -0.321 e. The number of carbonyl (C=O) groups is 1. The molecule has 0 aliphatic heterocycles. The summed E-state index contributed by atoms with van der Waals surface area (Å²) < 4.78 is 0. The van der Waals surface area contributed by atoms with Crippen LogP contribution in [0.25, 0.3) is 6.08 Å². The van der Waals surface area contributed by atoms with Gasteiger partial charge in [-0.15, -0.1) is 0 Å². The smallest absolute Gasteiger partial charge is 0.272 e. The Balaban J connectivity index is 2.33. The van der Waals surface area contributed by atoms with Crippen LogP contribution in [0.5, 0.6) is 0 Å². The zero-order chi connectivity index (χ0) is 18.6. The average Bonchev–Trinajstić information content (AvgIpc) is 2.57. The maximum atomic E-state index is 12.3. The summed E-state index contributed by atoms with van der Waals surface area (Å²) in [6, 6.07) is 11.4. The molecule has 0 unspecified atom stereocenters. The highest BCUT2D eigenvalue weighted by Gasteiger charge is 2.14. The zero-order valence-electron chi connectivity index (χ0n) is 13.5. The van der Waals surface area contributed by atoms with Crippen molar-refractivity contribution in [3.05, 3.63) is 73.8 Å². The van der Waals surface area contributed by atoms with Gasteiger partial charge in [-0.2, -0.15) is 5.26 Å². The molecule has 0 saturated heterocycles. The van der Waals surface area contributed by atoms with E-state index in [1.54, 1.807) is 44.2 Å². The first-order valence-electron chi connectivity index (χ1n) is 7.26. The van der Waals surface area contributed by atoms with Gasteiger partial charge in [0.1, 0.15) is 11.6 Å². The number of carbonyl (C=O) groups excluding carboxylic acids is 1. The third kappa shape index (κ3) is 4.22. The number of anilines is 1. The van der Waals surface area contributed by atoms with Crippen molar-refractivity contribution in [2.24, 2.45) is 0 Å². The van der Waals surface area contributed by atoms with Gasteiger partial charge in [-0.25, -0.2) is 0 Å². The first-order valence-corrected chi connectivity index (χ1v) is 7.64. The van der Waals surface area contributed by atoms with Crippen LogP contribution in [0.1, 0.15) is 16.7 Å². The van der Waals surface area contributed by atoms with Crippen LogP contribution in [0.4, 0.5) is 11.4 Å². The number of rotatable bonds is 4. The van der Waals surface area contributed by atoms with Gasteiger partial charge in [0.05, 0.1) is 4.92 Å². The fourth-order valence-electron chi connectivity index (χ4n) is 2.16. The standard InChI is InChI=1S/C18H14ClN3O3/c1-11-6-7-13(9-17(11)22(24)25)8-14(10-20)18(23)21-16-5-3-4-15(19)12(16)2/h3-9H,1-2H3,(H,21,23)/b14-8+. The molecular weight excluding hydrogens is 342 g/mol. The molecule has 25 heavy (non-hydrogen) atoms. The fraction of sp³-hybridized carbons (Fsp3) is 0.111. The molecule has 0 aromatic heterocycles. The van der Waals surface area contributed by atoms with Crippen LogP contribution in [0.15, 0.2) is 42.0 Å². The molecule has 0 fully saturated rings. The number of amides is 1. The molecule has 6 nitrogen and oxygen atoms in total. The largest absolute Gasteiger partial charge is 0.321 e. The molecule has 0 bridgehead atoms. The first kappa shape index (κ1) is 18.2. The number of halogens is 1. The van der Waals surface area contributed by atoms with Crippen LogP contribution in [-0.4, -0.2) is 10.8 Å². The third-order valence-electron chi connectivity index (χ3n) is 3.62. The van der Waals surface area contributed by atoms with Gasteiger partial charge < -0.3 is 5.32 Å². The highest BCUT2D eigenvalue weighted by atomic mass is 35.5. The predicted octanol–water partition coefficient (Wildman–Crippen LogP) is 4.41. The SMILES string of the molecule is Cc1ccc(/C=C(\C#N)C(=O)Nc2cccc(Cl)c2C)cc1[N+](=O)[O-]. The van der Waals surface area contributed by atoms with E-state index in [2.05, 4.69) is 5.32 Å². The molecule has 0 spiro atoms. The Morgan fingerprint density at radius 1 is 1.32 bits per heavy atom. The van der Waals surface area contributed by atoms with Crippen molar-refractivity contribution < 1.29 is 9.72 Å². The third-order valence-corrected chi connectivity index (χ3v) is 4.03. The molecule has 0 heterocycles. The van der Waals surface area contributed by atoms with Gasteiger partial charge in [0.25, 0.3) is 11.6 Å². The molecule has 2 rings (SSSR count). The summed E-state index contributed by atoms with van der Waals surface area (Å²) in [5.41, 5.74) is 1.83. The lowest BCUT2D eigenvalue weighted by molar-refractivity contribution is -0.385. The van der Waals surface area contributed by atoms with Gasteiger partial charge in [-0.3, -0.25) is 14.9 Å². The van der Waals surface area contributed by atoms with E-state index in [9.17, 15) is 20.2 Å². The second kappa shape index (κ2) is 7.60. The number of aryl methyl sites for hydroxylation is 1. The Labute approximate surface area is 149 Å². The molecule has 2 aromatic rings. The number of hydrogen-bond acceptors (Lipinski definition) is 4. The van der Waals surface area contributed by atoms with Crippen molar-refractivity contribution in [1.82, 2.24) is 0 Å². The van der Waals surface area contributed by atoms with E-state index < -0.39 is 10.8 Å². The number of nitrogens with one attached hydrogen (secondary N) is 1. The fourth-order valence-corrected chi connectivity index (χ4v) is 2.34. The minimum atomic E-state index is -0.615. The summed E-state index contributed by atoms with van der Waals surface area (Å²) in [7, 11) is 0. The Morgan fingerprint density at radius 3 is 2.68 bits per heavy atom. The van der Waals surface area contributed by atoms with Crippen LogP contribution in [0.3, 0.4) is 0 Å². The average molecular weight is 356 g/mol. The van der Waals surface area contributed by atoms with Crippen LogP contribution in [0, 0.1) is 35.3 Å². The summed E-state index contributed by atoms with van der Waals surface area (Å²) in [5, 5.41) is 23.4. The quantitative estimate of drug-likeness (QED) is 0.380. The van der Waals surface area contributed by atoms with Crippen molar-refractivity contribution in [3.8, 4) is 6.07 Å². The minimum absolute atomic E-state index is 0.0721. The molecule has 1 N–H and O–H groups in total. The topological polar surface area (TPSA) is 96.0 Å². The van der Waals surface area contributed by atoms with E-state index in [1.165, 1.54) is 12.1 Å². The van der Waals surface area contributed by atoms with Crippen molar-refractivity contribution in [2.45, 2.75) is 13.8 Å². The second-order valence-corrected chi connectivity index (χ2v) is 5.75. The Morgan fingerprint density at radius 2 is 2.04 bits per heavy atom. The number of nitro groups is 1. The summed E-state index contributed by atoms with van der Waals surface area (Å²) in [4.78, 5) is 22.8. The molecule has 0 aliphatic carbocycles. The van der Waals surface area contributed by atoms with E-state index >= 15 is 0 Å². The molecule has 0 aliphatic rings. The number of nitro benzene ring substituents is 1. The Hall–Kier alpha value is -3.17. The maximum Gasteiger partial charge on any atom is 0.272 e. The molecule has 0 atom stereocenters. The second-order valence-electron chi connectivity index (χ2n) is 5.34. The molecule has 2 aromatic carbocycles. The van der Waals surface area contributed by atoms with E-state index in [0.717, 1.165) is 0 Å². The van der Waals surface area contributed by atoms with Crippen LogP contribution >= 0.6 is 11.6 Å². The summed E-state index contributed by atoms with van der Waals surface area (Å²) in [6.45, 7) is 3.36. The van der Waals surface area contributed by atoms with Crippen LogP contribution in [-0.2, 0) is 4.79 Å². The number of benzene rings is 2. The summed E-state index contributed by atoms with van der Waals surface area (Å²) in [5.74, 6) is -0.615. The number of hydrogen-bond donors (Lipinski definition) is 1. The van der Waals surface area contributed by atoms with Crippen molar-refractivity contribution in [1.29, 1.82) is 5.26 Å². The summed E-state index contributed by atoms with van der Waals surface area (Å²) >= 11 is 6.01. The zero-order valence-corrected chi connectivity index (χ0v) is 14.3. The lowest BCUT2D eigenvalue weighted by Crippen LogP contribution is -2.14. The first-order chi connectivity index (χ1) is 11.8. The van der Waals surface area contributed by atoms with Crippen molar-refractivity contribution >= 4 is 35.0 Å². The normalized spacial score (nSPS) is 10.9. The highest BCUT2D eigenvalue weighted by Crippen LogP contribution is 2.24. The maximum absolute atomic E-state index is 12.3. The lowest BCUT2D eigenvalue weighted by atomic mass is 10.1. The monoisotopic (exact) mass is 355 g/mol. The molecule has 0 saturated carbocycles. The Kier molecular flexibility index (Phi) is 5.52. The van der Waals surface area contributed by atoms with E-state index in [-0.39, 0.29) is 11.3 Å². The van der Waals surface area contributed by atoms with Gasteiger partial charge in [-0.1, -0.05) is 29.8 Å². The van der Waals surface area contributed by atoms with E-state index in [4.69, 9.17) is 11.6 Å². The van der Waals surface area contributed by atoms with Crippen LogP contribution in [0.2, 0.25) is 5.02 Å². The highest BCUT2D eigenvalue weighted by molar-refractivity contribution is 6.31. The predicted molar refractivity (Wildman–Crippen MR) is 96.2 cm³/mol.